The van der Waals surface area contributed by atoms with E-state index in [1.165, 1.54) is 25.8 Å². The van der Waals surface area contributed by atoms with Gasteiger partial charge in [0, 0.05) is 32.2 Å². The lowest BCUT2D eigenvalue weighted by Gasteiger charge is -2.38. The van der Waals surface area contributed by atoms with Crippen molar-refractivity contribution in [3.05, 3.63) is 0 Å². The fourth-order valence-electron chi connectivity index (χ4n) is 3.71. The zero-order valence-electron chi connectivity index (χ0n) is 11.3. The third-order valence-corrected chi connectivity index (χ3v) is 4.46. The van der Waals surface area contributed by atoms with Crippen molar-refractivity contribution >= 4 is 5.97 Å². The molecule has 1 N–H and O–H groups in total. The normalized spacial score (nSPS) is 31.7. The van der Waals surface area contributed by atoms with E-state index in [2.05, 4.69) is 4.90 Å². The smallest absolute Gasteiger partial charge is 0.303 e. The number of fused-ring (bicyclic) bond motifs is 2. The van der Waals surface area contributed by atoms with Gasteiger partial charge >= 0.3 is 5.97 Å². The summed E-state index contributed by atoms with van der Waals surface area (Å²) in [5.41, 5.74) is 0. The zero-order valence-corrected chi connectivity index (χ0v) is 11.3. The molecule has 2 fully saturated rings. The second-order valence-corrected chi connectivity index (χ2v) is 5.76. The summed E-state index contributed by atoms with van der Waals surface area (Å²) >= 11 is 0. The van der Waals surface area contributed by atoms with Crippen molar-refractivity contribution in [3.63, 3.8) is 0 Å². The van der Waals surface area contributed by atoms with E-state index in [0.29, 0.717) is 24.4 Å². The molecule has 0 saturated carbocycles. The van der Waals surface area contributed by atoms with Crippen LogP contribution in [0, 0.1) is 5.92 Å². The van der Waals surface area contributed by atoms with Gasteiger partial charge in [0.15, 0.2) is 0 Å². The largest absolute Gasteiger partial charge is 0.481 e. The minimum absolute atomic E-state index is 0.366. The molecule has 2 unspecified atom stereocenters. The van der Waals surface area contributed by atoms with E-state index in [0.717, 1.165) is 25.9 Å². The topological polar surface area (TPSA) is 49.8 Å². The van der Waals surface area contributed by atoms with Crippen molar-refractivity contribution in [2.45, 2.75) is 57.0 Å². The molecule has 2 atom stereocenters. The molecule has 4 nitrogen and oxygen atoms in total. The quantitative estimate of drug-likeness (QED) is 0.708. The number of methoxy groups -OCH3 is 1. The van der Waals surface area contributed by atoms with E-state index in [4.69, 9.17) is 9.84 Å². The minimum atomic E-state index is -0.632. The molecular formula is C14H25NO3. The highest BCUT2D eigenvalue weighted by Gasteiger charge is 2.40. The highest BCUT2D eigenvalue weighted by atomic mass is 16.5. The maximum absolute atomic E-state index is 10.8. The molecule has 0 aromatic carbocycles. The predicted octanol–water partition coefficient (Wildman–Crippen LogP) is 2.13. The molecule has 0 radical (unpaired) electrons. The van der Waals surface area contributed by atoms with Crippen LogP contribution in [0.25, 0.3) is 0 Å². The first-order chi connectivity index (χ1) is 8.70. The Morgan fingerprint density at radius 1 is 1.28 bits per heavy atom. The first-order valence-electron chi connectivity index (χ1n) is 7.17. The number of carboxylic acid groups (broad SMARTS) is 1. The van der Waals surface area contributed by atoms with Crippen molar-refractivity contribution in [2.75, 3.05) is 20.3 Å². The van der Waals surface area contributed by atoms with Crippen LogP contribution in [0.5, 0.6) is 0 Å². The van der Waals surface area contributed by atoms with Crippen molar-refractivity contribution in [2.24, 2.45) is 5.92 Å². The summed E-state index contributed by atoms with van der Waals surface area (Å²) in [4.78, 5) is 13.4. The van der Waals surface area contributed by atoms with Gasteiger partial charge in [0.25, 0.3) is 0 Å². The number of carbonyl (C=O) groups is 1. The predicted molar refractivity (Wildman–Crippen MR) is 69.6 cm³/mol. The van der Waals surface area contributed by atoms with Crippen molar-refractivity contribution in [1.29, 1.82) is 0 Å². The lowest BCUT2D eigenvalue weighted by molar-refractivity contribution is -0.138. The molecule has 2 aliphatic rings. The Bertz CT molecular complexity index is 268. The molecule has 0 aromatic heterocycles. The summed E-state index contributed by atoms with van der Waals surface area (Å²) in [5, 5.41) is 8.90. The molecule has 104 valence electrons. The minimum Gasteiger partial charge on any atom is -0.481 e. The average Bonchev–Trinajstić information content (AvgIpc) is 2.56. The molecule has 0 spiro atoms. The van der Waals surface area contributed by atoms with Crippen LogP contribution in [0.15, 0.2) is 0 Å². The molecule has 2 rings (SSSR count). The van der Waals surface area contributed by atoms with E-state index in [1.54, 1.807) is 7.11 Å². The van der Waals surface area contributed by atoms with Gasteiger partial charge in [0.2, 0.25) is 0 Å². The van der Waals surface area contributed by atoms with Crippen LogP contribution in [0.4, 0.5) is 0 Å². The summed E-state index contributed by atoms with van der Waals surface area (Å²) in [6.07, 6.45) is 7.41. The Hall–Kier alpha value is -0.610. The Kier molecular flexibility index (Phi) is 5.01. The molecule has 4 heteroatoms. The van der Waals surface area contributed by atoms with E-state index in [1.807, 2.05) is 0 Å². The van der Waals surface area contributed by atoms with Crippen molar-refractivity contribution < 1.29 is 14.6 Å². The summed E-state index contributed by atoms with van der Waals surface area (Å²) in [6, 6.07) is 1.30. The maximum Gasteiger partial charge on any atom is 0.303 e. The van der Waals surface area contributed by atoms with Crippen LogP contribution in [-0.2, 0) is 9.53 Å². The highest BCUT2D eigenvalue weighted by Crippen LogP contribution is 2.39. The van der Waals surface area contributed by atoms with E-state index in [-0.39, 0.29) is 0 Å². The number of nitrogens with zero attached hydrogens (tertiary/aromatic N) is 1. The number of ether oxygens (including phenoxy) is 1. The molecule has 18 heavy (non-hydrogen) atoms. The maximum atomic E-state index is 10.8. The van der Waals surface area contributed by atoms with Gasteiger partial charge in [-0.2, -0.15) is 0 Å². The summed E-state index contributed by atoms with van der Waals surface area (Å²) in [5.74, 6) is -0.219. The molecule has 2 bridgehead atoms. The zero-order chi connectivity index (χ0) is 13.0. The number of piperidine rings is 1. The Morgan fingerprint density at radius 2 is 1.94 bits per heavy atom. The number of hydrogen-bond acceptors (Lipinski definition) is 3. The number of aliphatic carboxylic acids is 1. The Balaban J connectivity index is 1.77. The van der Waals surface area contributed by atoms with Gasteiger partial charge < -0.3 is 9.84 Å². The standard InChI is InChI=1S/C14H25NO3/c1-18-7-3-2-6-15-12-4-5-13(15)9-11(8-12)10-14(16)17/h11-13H,2-10H2,1H3,(H,16,17). The van der Waals surface area contributed by atoms with E-state index < -0.39 is 5.97 Å². The number of unbranched alkanes of at least 4 members (excludes halogenated alkanes) is 1. The van der Waals surface area contributed by atoms with Crippen LogP contribution in [0.3, 0.4) is 0 Å². The SMILES string of the molecule is COCCCCN1C2CCC1CC(CC(=O)O)C2. The fraction of sp³-hybridized carbons (Fsp3) is 0.929. The molecule has 2 saturated heterocycles. The average molecular weight is 255 g/mol. The Labute approximate surface area is 109 Å². The third-order valence-electron chi connectivity index (χ3n) is 4.46. The Morgan fingerprint density at radius 3 is 2.50 bits per heavy atom. The lowest BCUT2D eigenvalue weighted by Crippen LogP contribution is -2.43. The monoisotopic (exact) mass is 255 g/mol. The molecule has 0 aromatic rings. The van der Waals surface area contributed by atoms with Crippen molar-refractivity contribution in [1.82, 2.24) is 4.90 Å². The van der Waals surface area contributed by atoms with Gasteiger partial charge in [-0.25, -0.2) is 0 Å². The highest BCUT2D eigenvalue weighted by molar-refractivity contribution is 5.67. The second kappa shape index (κ2) is 6.53. The number of hydrogen-bond donors (Lipinski definition) is 1. The van der Waals surface area contributed by atoms with Gasteiger partial charge in [-0.15, -0.1) is 0 Å². The summed E-state index contributed by atoms with van der Waals surface area (Å²) < 4.78 is 5.08. The molecule has 2 aliphatic heterocycles. The van der Waals surface area contributed by atoms with Crippen LogP contribution < -0.4 is 0 Å². The van der Waals surface area contributed by atoms with Gasteiger partial charge in [-0.1, -0.05) is 0 Å². The number of carboxylic acids is 1. The van der Waals surface area contributed by atoms with E-state index in [9.17, 15) is 4.79 Å². The van der Waals surface area contributed by atoms with Crippen LogP contribution in [-0.4, -0.2) is 48.3 Å². The molecular weight excluding hydrogens is 230 g/mol. The summed E-state index contributed by atoms with van der Waals surface area (Å²) in [6.45, 7) is 2.02. The first kappa shape index (κ1) is 13.8. The van der Waals surface area contributed by atoms with Gasteiger partial charge in [0.05, 0.1) is 0 Å². The van der Waals surface area contributed by atoms with Crippen LogP contribution >= 0.6 is 0 Å². The fourth-order valence-corrected chi connectivity index (χ4v) is 3.71. The van der Waals surface area contributed by atoms with Gasteiger partial charge in [-0.05, 0) is 51.0 Å². The number of rotatable bonds is 7. The molecule has 0 aliphatic carbocycles. The van der Waals surface area contributed by atoms with E-state index >= 15 is 0 Å². The van der Waals surface area contributed by atoms with Gasteiger partial charge in [-0.3, -0.25) is 9.69 Å². The van der Waals surface area contributed by atoms with Crippen molar-refractivity contribution in [3.8, 4) is 0 Å². The van der Waals surface area contributed by atoms with Crippen LogP contribution in [0.2, 0.25) is 0 Å². The lowest BCUT2D eigenvalue weighted by atomic mass is 9.88. The first-order valence-corrected chi connectivity index (χ1v) is 7.17. The summed E-state index contributed by atoms with van der Waals surface area (Å²) in [7, 11) is 1.75. The van der Waals surface area contributed by atoms with Crippen LogP contribution in [0.1, 0.15) is 44.9 Å². The second-order valence-electron chi connectivity index (χ2n) is 5.76. The third kappa shape index (κ3) is 3.45. The van der Waals surface area contributed by atoms with Gasteiger partial charge in [0.1, 0.15) is 0 Å². The molecule has 0 amide bonds. The molecule has 2 heterocycles.